The zero-order valence-corrected chi connectivity index (χ0v) is 20.1. The fraction of sp³-hybridized carbons (Fsp3) is 0.481. The topological polar surface area (TPSA) is 55.9 Å². The van der Waals surface area contributed by atoms with E-state index in [0.717, 1.165) is 57.8 Å². The van der Waals surface area contributed by atoms with Crippen LogP contribution in [0.5, 0.6) is 0 Å². The Labute approximate surface area is 205 Å². The number of nitrogens with zero attached hydrogens (tertiary/aromatic N) is 3. The highest BCUT2D eigenvalue weighted by Gasteiger charge is 2.29. The van der Waals surface area contributed by atoms with Gasteiger partial charge in [-0.1, -0.05) is 30.3 Å². The molecule has 0 unspecified atom stereocenters. The molecule has 0 bridgehead atoms. The van der Waals surface area contributed by atoms with Crippen LogP contribution in [0.1, 0.15) is 35.2 Å². The molecule has 2 saturated heterocycles. The summed E-state index contributed by atoms with van der Waals surface area (Å²) < 4.78 is 27.0. The van der Waals surface area contributed by atoms with Gasteiger partial charge < -0.3 is 15.1 Å². The number of hydrogen-bond acceptors (Lipinski definition) is 4. The summed E-state index contributed by atoms with van der Waals surface area (Å²) in [6.07, 6.45) is 2.00. The molecule has 2 fully saturated rings. The average molecular weight is 485 g/mol. The van der Waals surface area contributed by atoms with Crippen molar-refractivity contribution >= 4 is 11.8 Å². The van der Waals surface area contributed by atoms with E-state index in [1.54, 1.807) is 0 Å². The fourth-order valence-electron chi connectivity index (χ4n) is 4.85. The van der Waals surface area contributed by atoms with E-state index in [2.05, 4.69) is 39.4 Å². The zero-order chi connectivity index (χ0) is 24.6. The molecular formula is C27H34F2N4O2. The average Bonchev–Trinajstić information content (AvgIpc) is 2.88. The molecule has 8 heteroatoms. The maximum absolute atomic E-state index is 13.9. The largest absolute Gasteiger partial charge is 0.356 e. The molecule has 188 valence electrons. The molecular weight excluding hydrogens is 450 g/mol. The van der Waals surface area contributed by atoms with Crippen LogP contribution in [-0.2, 0) is 11.3 Å². The van der Waals surface area contributed by atoms with Gasteiger partial charge in [0.25, 0.3) is 5.91 Å². The van der Waals surface area contributed by atoms with E-state index in [0.29, 0.717) is 32.5 Å². The molecule has 0 aliphatic carbocycles. The molecule has 2 aliphatic heterocycles. The number of likely N-dealkylation sites (tertiary alicyclic amines) is 1. The molecule has 6 nitrogen and oxygen atoms in total. The lowest BCUT2D eigenvalue weighted by molar-refractivity contribution is -0.126. The van der Waals surface area contributed by atoms with Crippen molar-refractivity contribution in [1.82, 2.24) is 20.0 Å². The van der Waals surface area contributed by atoms with Crippen LogP contribution in [0.2, 0.25) is 0 Å². The summed E-state index contributed by atoms with van der Waals surface area (Å²) in [5, 5.41) is 3.04. The van der Waals surface area contributed by atoms with Crippen molar-refractivity contribution < 1.29 is 18.4 Å². The van der Waals surface area contributed by atoms with E-state index in [-0.39, 0.29) is 17.4 Å². The molecule has 2 aliphatic rings. The molecule has 2 aromatic rings. The third kappa shape index (κ3) is 7.08. The van der Waals surface area contributed by atoms with Gasteiger partial charge in [-0.15, -0.1) is 0 Å². The van der Waals surface area contributed by atoms with Crippen molar-refractivity contribution in [2.24, 2.45) is 5.92 Å². The van der Waals surface area contributed by atoms with Crippen LogP contribution in [0.15, 0.2) is 48.5 Å². The van der Waals surface area contributed by atoms with Crippen LogP contribution < -0.4 is 5.32 Å². The molecule has 0 spiro atoms. The number of benzene rings is 2. The Morgan fingerprint density at radius 2 is 1.57 bits per heavy atom. The summed E-state index contributed by atoms with van der Waals surface area (Å²) in [5.74, 6) is -2.13. The standard InChI is InChI=1S/C27H34F2N4O2/c28-23-7-8-24(25(29)19-23)27(35)33-13-9-22(10-14-33)26(34)30-11-4-12-31-15-17-32(18-16-31)20-21-5-2-1-3-6-21/h1-3,5-8,19,22H,4,9-18,20H2,(H,30,34). The van der Waals surface area contributed by atoms with E-state index in [9.17, 15) is 18.4 Å². The quantitative estimate of drug-likeness (QED) is 0.585. The molecule has 0 radical (unpaired) electrons. The first-order chi connectivity index (χ1) is 17.0. The molecule has 2 heterocycles. The monoisotopic (exact) mass is 484 g/mol. The number of nitrogens with one attached hydrogen (secondary N) is 1. The van der Waals surface area contributed by atoms with Crippen LogP contribution in [0.3, 0.4) is 0 Å². The smallest absolute Gasteiger partial charge is 0.256 e. The Kier molecular flexibility index (Phi) is 8.82. The molecule has 0 atom stereocenters. The molecule has 2 aromatic carbocycles. The van der Waals surface area contributed by atoms with Crippen LogP contribution >= 0.6 is 0 Å². The van der Waals surface area contributed by atoms with Gasteiger partial charge in [0, 0.05) is 64.3 Å². The number of piperidine rings is 1. The van der Waals surface area contributed by atoms with Crippen molar-refractivity contribution in [3.05, 3.63) is 71.3 Å². The van der Waals surface area contributed by atoms with Crippen molar-refractivity contribution in [3.63, 3.8) is 0 Å². The van der Waals surface area contributed by atoms with Crippen LogP contribution in [0.25, 0.3) is 0 Å². The SMILES string of the molecule is O=C(NCCCN1CCN(Cc2ccccc2)CC1)C1CCN(C(=O)c2ccc(F)cc2F)CC1. The van der Waals surface area contributed by atoms with Gasteiger partial charge in [0.1, 0.15) is 11.6 Å². The summed E-state index contributed by atoms with van der Waals surface area (Å²) in [4.78, 5) is 31.6. The molecule has 0 aromatic heterocycles. The zero-order valence-electron chi connectivity index (χ0n) is 20.1. The van der Waals surface area contributed by atoms with Crippen LogP contribution in [0.4, 0.5) is 8.78 Å². The van der Waals surface area contributed by atoms with Crippen molar-refractivity contribution in [3.8, 4) is 0 Å². The van der Waals surface area contributed by atoms with E-state index >= 15 is 0 Å². The number of piperazine rings is 1. The fourth-order valence-corrected chi connectivity index (χ4v) is 4.85. The van der Waals surface area contributed by atoms with Crippen LogP contribution in [0, 0.1) is 17.6 Å². The van der Waals surface area contributed by atoms with Crippen molar-refractivity contribution in [1.29, 1.82) is 0 Å². The summed E-state index contributed by atoms with van der Waals surface area (Å²) in [6.45, 7) is 7.58. The number of rotatable bonds is 8. The third-order valence-electron chi connectivity index (χ3n) is 6.98. The normalized spacial score (nSPS) is 17.9. The first-order valence-corrected chi connectivity index (χ1v) is 12.5. The lowest BCUT2D eigenvalue weighted by atomic mass is 9.95. The summed E-state index contributed by atoms with van der Waals surface area (Å²) in [7, 11) is 0. The number of carbonyl (C=O) groups is 2. The first-order valence-electron chi connectivity index (χ1n) is 12.5. The van der Waals surface area contributed by atoms with Gasteiger partial charge in [-0.25, -0.2) is 8.78 Å². The van der Waals surface area contributed by atoms with Gasteiger partial charge in [0.05, 0.1) is 5.56 Å². The van der Waals surface area contributed by atoms with Gasteiger partial charge in [-0.2, -0.15) is 0 Å². The van der Waals surface area contributed by atoms with E-state index in [4.69, 9.17) is 0 Å². The predicted molar refractivity (Wildman–Crippen MR) is 131 cm³/mol. The summed E-state index contributed by atoms with van der Waals surface area (Å²) in [6, 6.07) is 13.5. The summed E-state index contributed by atoms with van der Waals surface area (Å²) in [5.41, 5.74) is 1.22. The van der Waals surface area contributed by atoms with Crippen LogP contribution in [-0.4, -0.2) is 78.9 Å². The number of hydrogen-bond donors (Lipinski definition) is 1. The Morgan fingerprint density at radius 3 is 2.26 bits per heavy atom. The lowest BCUT2D eigenvalue weighted by Gasteiger charge is -2.34. The number of halogens is 2. The van der Waals surface area contributed by atoms with Crippen molar-refractivity contribution in [2.45, 2.75) is 25.8 Å². The van der Waals surface area contributed by atoms with Crippen molar-refractivity contribution in [2.75, 3.05) is 52.4 Å². The highest BCUT2D eigenvalue weighted by Crippen LogP contribution is 2.21. The Hall–Kier alpha value is -2.84. The van der Waals surface area contributed by atoms with Gasteiger partial charge in [0.15, 0.2) is 0 Å². The summed E-state index contributed by atoms with van der Waals surface area (Å²) >= 11 is 0. The second-order valence-electron chi connectivity index (χ2n) is 9.44. The minimum absolute atomic E-state index is 0.0257. The first kappa shape index (κ1) is 25.3. The molecule has 1 N–H and O–H groups in total. The maximum Gasteiger partial charge on any atom is 0.256 e. The minimum Gasteiger partial charge on any atom is -0.356 e. The second kappa shape index (κ2) is 12.2. The lowest BCUT2D eigenvalue weighted by Crippen LogP contribution is -2.46. The predicted octanol–water partition coefficient (Wildman–Crippen LogP) is 3.14. The maximum atomic E-state index is 13.9. The Balaban J connectivity index is 1.10. The highest BCUT2D eigenvalue weighted by atomic mass is 19.1. The number of amides is 2. The van der Waals surface area contributed by atoms with E-state index in [1.165, 1.54) is 16.5 Å². The Morgan fingerprint density at radius 1 is 0.886 bits per heavy atom. The van der Waals surface area contributed by atoms with Gasteiger partial charge in [-0.05, 0) is 43.5 Å². The van der Waals surface area contributed by atoms with E-state index < -0.39 is 17.5 Å². The molecule has 0 saturated carbocycles. The highest BCUT2D eigenvalue weighted by molar-refractivity contribution is 5.94. The third-order valence-corrected chi connectivity index (χ3v) is 6.98. The second-order valence-corrected chi connectivity index (χ2v) is 9.44. The van der Waals surface area contributed by atoms with Gasteiger partial charge in [0.2, 0.25) is 5.91 Å². The van der Waals surface area contributed by atoms with Gasteiger partial charge in [-0.3, -0.25) is 14.5 Å². The minimum atomic E-state index is -0.854. The molecule has 35 heavy (non-hydrogen) atoms. The molecule has 2 amide bonds. The molecule has 4 rings (SSSR count). The van der Waals surface area contributed by atoms with Gasteiger partial charge >= 0.3 is 0 Å². The number of carbonyl (C=O) groups excluding carboxylic acids is 2. The van der Waals surface area contributed by atoms with E-state index in [1.807, 2.05) is 6.07 Å². The Bertz CT molecular complexity index is 988.